The molecule has 1 aromatic heterocycles. The number of hydrogen-bond acceptors (Lipinski definition) is 3. The van der Waals surface area contributed by atoms with Crippen molar-refractivity contribution in [3.8, 4) is 5.75 Å². The average Bonchev–Trinajstić information content (AvgIpc) is 3.45. The molecule has 2 saturated carbocycles. The summed E-state index contributed by atoms with van der Waals surface area (Å²) in [6.07, 6.45) is 11.2. The second-order valence-electron chi connectivity index (χ2n) is 10.7. The van der Waals surface area contributed by atoms with Crippen LogP contribution in [0.15, 0.2) is 18.3 Å². The van der Waals surface area contributed by atoms with Gasteiger partial charge in [-0.05, 0) is 74.0 Å². The van der Waals surface area contributed by atoms with E-state index in [0.717, 1.165) is 54.3 Å². The highest BCUT2D eigenvalue weighted by Gasteiger charge is 2.45. The van der Waals surface area contributed by atoms with E-state index in [1.165, 1.54) is 12.8 Å². The van der Waals surface area contributed by atoms with Gasteiger partial charge in [0.15, 0.2) is 0 Å². The van der Waals surface area contributed by atoms with Gasteiger partial charge in [-0.3, -0.25) is 4.79 Å². The van der Waals surface area contributed by atoms with Crippen LogP contribution in [0.5, 0.6) is 5.75 Å². The number of carbonyl (C=O) groups excluding carboxylic acids is 1. The molecule has 0 radical (unpaired) electrons. The average molecular weight is 459 g/mol. The quantitative estimate of drug-likeness (QED) is 0.552. The Balaban J connectivity index is 1.39. The van der Waals surface area contributed by atoms with Gasteiger partial charge in [-0.2, -0.15) is 0 Å². The largest absolute Gasteiger partial charge is 0.488 e. The first-order chi connectivity index (χ1) is 15.4. The van der Waals surface area contributed by atoms with Gasteiger partial charge in [-0.25, -0.2) is 0 Å². The Kier molecular flexibility index (Phi) is 5.91. The van der Waals surface area contributed by atoms with Gasteiger partial charge in [0.1, 0.15) is 5.75 Å². The second kappa shape index (κ2) is 8.57. The van der Waals surface area contributed by atoms with Crippen molar-refractivity contribution in [1.29, 1.82) is 0 Å². The number of fused-ring (bicyclic) bond motifs is 3. The molecule has 32 heavy (non-hydrogen) atoms. The van der Waals surface area contributed by atoms with Crippen LogP contribution >= 0.6 is 11.6 Å². The van der Waals surface area contributed by atoms with Gasteiger partial charge in [-0.1, -0.05) is 31.9 Å². The van der Waals surface area contributed by atoms with Gasteiger partial charge in [0.25, 0.3) is 0 Å². The summed E-state index contributed by atoms with van der Waals surface area (Å²) in [5.74, 6) is 1.01. The lowest BCUT2D eigenvalue weighted by atomic mass is 9.65. The molecule has 2 heterocycles. The van der Waals surface area contributed by atoms with Crippen LogP contribution in [-0.4, -0.2) is 45.7 Å². The molecule has 1 aliphatic heterocycles. The Hall–Kier alpha value is -1.72. The van der Waals surface area contributed by atoms with Crippen molar-refractivity contribution >= 4 is 28.4 Å². The fourth-order valence-corrected chi connectivity index (χ4v) is 6.45. The third-order valence-electron chi connectivity index (χ3n) is 7.91. The summed E-state index contributed by atoms with van der Waals surface area (Å²) in [5, 5.41) is 11.3. The lowest BCUT2D eigenvalue weighted by molar-refractivity contribution is -0.145. The number of aliphatic hydroxyl groups is 1. The second-order valence-corrected chi connectivity index (χ2v) is 11.1. The topological polar surface area (TPSA) is 65.6 Å². The molecular weight excluding hydrogens is 424 g/mol. The van der Waals surface area contributed by atoms with Crippen molar-refractivity contribution in [3.05, 3.63) is 28.9 Å². The SMILES string of the molecule is CC(CC(=O)N1C(CCO)CC2(C)CCCC1C2)c1c[nH]c2ccc(Cl)c(OC3CC3)c12. The molecule has 2 aromatic rings. The van der Waals surface area contributed by atoms with Crippen LogP contribution < -0.4 is 4.74 Å². The number of nitrogens with zero attached hydrogens (tertiary/aromatic N) is 1. The van der Waals surface area contributed by atoms with Gasteiger partial charge in [0, 0.05) is 42.2 Å². The summed E-state index contributed by atoms with van der Waals surface area (Å²) < 4.78 is 6.18. The van der Waals surface area contributed by atoms with E-state index in [9.17, 15) is 9.90 Å². The van der Waals surface area contributed by atoms with Gasteiger partial charge >= 0.3 is 0 Å². The fraction of sp³-hybridized carbons (Fsp3) is 0.654. The van der Waals surface area contributed by atoms with Crippen molar-refractivity contribution in [2.45, 2.75) is 95.7 Å². The number of halogens is 1. The molecule has 1 amide bonds. The maximum atomic E-state index is 13.6. The molecule has 3 aliphatic rings. The van der Waals surface area contributed by atoms with E-state index in [4.69, 9.17) is 16.3 Å². The number of H-pyrrole nitrogens is 1. The first kappa shape index (κ1) is 22.1. The molecule has 4 atom stereocenters. The number of likely N-dealkylation sites (tertiary alicyclic amines) is 1. The predicted octanol–water partition coefficient (Wildman–Crippen LogP) is 5.79. The normalized spacial score (nSPS) is 28.7. The van der Waals surface area contributed by atoms with Crippen LogP contribution in [0.25, 0.3) is 10.9 Å². The Morgan fingerprint density at radius 1 is 1.34 bits per heavy atom. The Bertz CT molecular complexity index is 1000. The summed E-state index contributed by atoms with van der Waals surface area (Å²) in [4.78, 5) is 19.2. The molecule has 2 aliphatic carbocycles. The zero-order valence-electron chi connectivity index (χ0n) is 19.2. The third-order valence-corrected chi connectivity index (χ3v) is 8.21. The van der Waals surface area contributed by atoms with Crippen molar-refractivity contribution in [3.63, 3.8) is 0 Å². The monoisotopic (exact) mass is 458 g/mol. The highest BCUT2D eigenvalue weighted by molar-refractivity contribution is 6.33. The van der Waals surface area contributed by atoms with Crippen LogP contribution in [0.1, 0.15) is 83.1 Å². The summed E-state index contributed by atoms with van der Waals surface area (Å²) in [6.45, 7) is 4.62. The maximum absolute atomic E-state index is 13.6. The molecule has 5 nitrogen and oxygen atoms in total. The lowest BCUT2D eigenvalue weighted by Crippen LogP contribution is -2.56. The summed E-state index contributed by atoms with van der Waals surface area (Å²) in [5.41, 5.74) is 2.41. The molecule has 0 spiro atoms. The number of hydrogen-bond donors (Lipinski definition) is 2. The van der Waals surface area contributed by atoms with E-state index in [2.05, 4.69) is 23.7 Å². The molecule has 2 bridgehead atoms. The van der Waals surface area contributed by atoms with E-state index in [0.29, 0.717) is 29.3 Å². The van der Waals surface area contributed by atoms with Crippen molar-refractivity contribution in [2.75, 3.05) is 6.61 Å². The Morgan fingerprint density at radius 3 is 2.91 bits per heavy atom. The molecule has 174 valence electrons. The zero-order valence-corrected chi connectivity index (χ0v) is 20.0. The number of ether oxygens (including phenoxy) is 1. The lowest BCUT2D eigenvalue weighted by Gasteiger charge is -2.53. The standard InChI is InChI=1S/C26H35ClN2O3/c1-16(20-15-28-22-8-7-21(27)25(24(20)22)32-19-5-6-19)12-23(31)29-17-4-3-10-26(2,13-17)14-18(29)9-11-30/h7-8,15-19,28,30H,3-6,9-14H2,1-2H3. The van der Waals surface area contributed by atoms with Crippen LogP contribution in [0.4, 0.5) is 0 Å². The predicted molar refractivity (Wildman–Crippen MR) is 127 cm³/mol. The van der Waals surface area contributed by atoms with Crippen molar-refractivity contribution in [2.24, 2.45) is 5.41 Å². The molecule has 1 saturated heterocycles. The van der Waals surface area contributed by atoms with E-state index in [-0.39, 0.29) is 30.6 Å². The smallest absolute Gasteiger partial charge is 0.223 e. The first-order valence-corrected chi connectivity index (χ1v) is 12.6. The first-order valence-electron chi connectivity index (χ1n) is 12.3. The molecule has 5 rings (SSSR count). The number of nitrogens with one attached hydrogen (secondary N) is 1. The molecule has 2 N–H and O–H groups in total. The number of piperidine rings is 1. The Labute approximate surface area is 195 Å². The molecular formula is C26H35ClN2O3. The molecule has 1 aromatic carbocycles. The minimum Gasteiger partial charge on any atom is -0.488 e. The van der Waals surface area contributed by atoms with Crippen LogP contribution in [0, 0.1) is 5.41 Å². The van der Waals surface area contributed by atoms with E-state index in [1.54, 1.807) is 0 Å². The van der Waals surface area contributed by atoms with E-state index >= 15 is 0 Å². The summed E-state index contributed by atoms with van der Waals surface area (Å²) >= 11 is 6.52. The number of carbonyl (C=O) groups is 1. The maximum Gasteiger partial charge on any atom is 0.223 e. The fourth-order valence-electron chi connectivity index (χ4n) is 6.25. The number of benzene rings is 1. The number of aromatic amines is 1. The van der Waals surface area contributed by atoms with E-state index < -0.39 is 0 Å². The van der Waals surface area contributed by atoms with Crippen LogP contribution in [0.2, 0.25) is 5.02 Å². The van der Waals surface area contributed by atoms with Crippen LogP contribution in [-0.2, 0) is 4.79 Å². The van der Waals surface area contributed by atoms with Crippen molar-refractivity contribution < 1.29 is 14.6 Å². The minimum atomic E-state index is 0.0444. The van der Waals surface area contributed by atoms with Crippen LogP contribution in [0.3, 0.4) is 0 Å². The number of aromatic nitrogens is 1. The molecule has 6 heteroatoms. The van der Waals surface area contributed by atoms with Gasteiger partial charge < -0.3 is 19.7 Å². The zero-order chi connectivity index (χ0) is 22.5. The van der Waals surface area contributed by atoms with Gasteiger partial charge in [0.2, 0.25) is 5.91 Å². The summed E-state index contributed by atoms with van der Waals surface area (Å²) in [7, 11) is 0. The van der Waals surface area contributed by atoms with Crippen molar-refractivity contribution in [1.82, 2.24) is 9.88 Å². The Morgan fingerprint density at radius 2 is 2.16 bits per heavy atom. The van der Waals surface area contributed by atoms with E-state index in [1.807, 2.05) is 18.3 Å². The number of aliphatic hydroxyl groups excluding tert-OH is 1. The molecule has 3 fully saturated rings. The van der Waals surface area contributed by atoms with Gasteiger partial charge in [0.05, 0.1) is 11.1 Å². The highest BCUT2D eigenvalue weighted by atomic mass is 35.5. The summed E-state index contributed by atoms with van der Waals surface area (Å²) in [6, 6.07) is 4.32. The highest BCUT2D eigenvalue weighted by Crippen LogP contribution is 2.48. The minimum absolute atomic E-state index is 0.0444. The number of rotatable bonds is 7. The number of amides is 1. The van der Waals surface area contributed by atoms with Gasteiger partial charge in [-0.15, -0.1) is 0 Å². The third kappa shape index (κ3) is 4.14. The molecule has 4 unspecified atom stereocenters.